The van der Waals surface area contributed by atoms with E-state index >= 15 is 0 Å². The summed E-state index contributed by atoms with van der Waals surface area (Å²) in [5.74, 6) is 0.587. The molecule has 0 aromatic heterocycles. The molecular formula is C15H22N2O4S. The summed E-state index contributed by atoms with van der Waals surface area (Å²) in [4.78, 5) is 12.0. The molecule has 2 N–H and O–H groups in total. The molecule has 1 aliphatic rings. The van der Waals surface area contributed by atoms with Gasteiger partial charge in [-0.05, 0) is 32.4 Å². The number of hydrogen-bond acceptors (Lipinski definition) is 5. The van der Waals surface area contributed by atoms with Crippen LogP contribution in [0, 0.1) is 0 Å². The lowest BCUT2D eigenvalue weighted by atomic mass is 10.0. The third kappa shape index (κ3) is 4.37. The van der Waals surface area contributed by atoms with Crippen LogP contribution >= 0.6 is 0 Å². The first-order valence-corrected chi connectivity index (χ1v) is 9.13. The Kier molecular flexibility index (Phi) is 4.95. The Morgan fingerprint density at radius 3 is 2.73 bits per heavy atom. The monoisotopic (exact) mass is 326 g/mol. The maximum absolute atomic E-state index is 12.0. The fourth-order valence-corrected chi connectivity index (χ4v) is 4.65. The number of sulfone groups is 1. The largest absolute Gasteiger partial charge is 0.492 e. The normalized spacial score (nSPS) is 23.0. The van der Waals surface area contributed by atoms with Crippen LogP contribution in [0.4, 0.5) is 5.69 Å². The van der Waals surface area contributed by atoms with E-state index in [4.69, 9.17) is 4.74 Å². The van der Waals surface area contributed by atoms with E-state index in [0.717, 1.165) is 5.69 Å². The Bertz CT molecular complexity index is 645. The van der Waals surface area contributed by atoms with Crippen LogP contribution in [0.15, 0.2) is 24.3 Å². The van der Waals surface area contributed by atoms with Crippen LogP contribution in [0.3, 0.4) is 0 Å². The van der Waals surface area contributed by atoms with Gasteiger partial charge in [0.2, 0.25) is 5.91 Å². The molecule has 122 valence electrons. The Hall–Kier alpha value is -1.76. The van der Waals surface area contributed by atoms with Crippen LogP contribution in [0.1, 0.15) is 20.3 Å². The molecule has 1 amide bonds. The lowest BCUT2D eigenvalue weighted by Gasteiger charge is -2.24. The number of carbonyl (C=O) groups is 1. The van der Waals surface area contributed by atoms with Gasteiger partial charge in [0, 0.05) is 0 Å². The van der Waals surface area contributed by atoms with Gasteiger partial charge in [0.1, 0.15) is 5.75 Å². The van der Waals surface area contributed by atoms with Crippen molar-refractivity contribution in [3.05, 3.63) is 24.3 Å². The van der Waals surface area contributed by atoms with Gasteiger partial charge in [-0.2, -0.15) is 0 Å². The number of ether oxygens (including phenoxy) is 1. The predicted molar refractivity (Wildman–Crippen MR) is 85.9 cm³/mol. The molecule has 1 fully saturated rings. The van der Waals surface area contributed by atoms with Gasteiger partial charge in [0.15, 0.2) is 9.84 Å². The summed E-state index contributed by atoms with van der Waals surface area (Å²) in [6, 6.07) is 7.38. The van der Waals surface area contributed by atoms with Crippen LogP contribution in [0.5, 0.6) is 5.75 Å². The molecule has 7 heteroatoms. The third-order valence-electron chi connectivity index (χ3n) is 3.57. The maximum Gasteiger partial charge on any atom is 0.239 e. The van der Waals surface area contributed by atoms with Gasteiger partial charge in [0.25, 0.3) is 0 Å². The van der Waals surface area contributed by atoms with Crippen molar-refractivity contribution in [2.24, 2.45) is 0 Å². The van der Waals surface area contributed by atoms with Gasteiger partial charge in [0.05, 0.1) is 35.9 Å². The van der Waals surface area contributed by atoms with Crippen LogP contribution in [-0.4, -0.2) is 44.5 Å². The van der Waals surface area contributed by atoms with Crippen LogP contribution < -0.4 is 15.4 Å². The summed E-state index contributed by atoms with van der Waals surface area (Å²) in [6.07, 6.45) is 0.455. The van der Waals surface area contributed by atoms with E-state index in [0.29, 0.717) is 18.8 Å². The molecule has 22 heavy (non-hydrogen) atoms. The number of carbonyl (C=O) groups excluding carboxylic acids is 1. The first kappa shape index (κ1) is 16.6. The molecule has 6 nitrogen and oxygen atoms in total. The number of amides is 1. The van der Waals surface area contributed by atoms with Crippen LogP contribution in [0.2, 0.25) is 0 Å². The second-order valence-corrected chi connectivity index (χ2v) is 7.92. The van der Waals surface area contributed by atoms with E-state index in [9.17, 15) is 13.2 Å². The fraction of sp³-hybridized carbons (Fsp3) is 0.533. The predicted octanol–water partition coefficient (Wildman–Crippen LogP) is 1.19. The van der Waals surface area contributed by atoms with Crippen molar-refractivity contribution in [1.29, 1.82) is 0 Å². The van der Waals surface area contributed by atoms with Crippen LogP contribution in [0.25, 0.3) is 0 Å². The second kappa shape index (κ2) is 6.56. The van der Waals surface area contributed by atoms with Crippen molar-refractivity contribution < 1.29 is 17.9 Å². The van der Waals surface area contributed by atoms with Gasteiger partial charge in [-0.1, -0.05) is 12.1 Å². The molecule has 0 spiro atoms. The summed E-state index contributed by atoms with van der Waals surface area (Å²) in [5, 5.41) is 5.83. The minimum atomic E-state index is -3.04. The Labute approximate surface area is 131 Å². The van der Waals surface area contributed by atoms with Crippen molar-refractivity contribution >= 4 is 21.4 Å². The van der Waals surface area contributed by atoms with Gasteiger partial charge < -0.3 is 15.4 Å². The molecule has 1 aliphatic heterocycles. The highest BCUT2D eigenvalue weighted by Gasteiger charge is 2.39. The minimum absolute atomic E-state index is 0.00126. The quantitative estimate of drug-likeness (QED) is 0.820. The molecule has 1 aromatic rings. The Morgan fingerprint density at radius 2 is 2.09 bits per heavy atom. The average Bonchev–Trinajstić information content (AvgIpc) is 2.72. The highest BCUT2D eigenvalue weighted by atomic mass is 32.2. The summed E-state index contributed by atoms with van der Waals surface area (Å²) in [6.45, 7) is 4.27. The topological polar surface area (TPSA) is 84.5 Å². The molecule has 1 atom stereocenters. The average molecular weight is 326 g/mol. The van der Waals surface area contributed by atoms with Crippen molar-refractivity contribution in [2.45, 2.75) is 25.8 Å². The molecule has 1 saturated heterocycles. The molecule has 2 rings (SSSR count). The standard InChI is InChI=1S/C15H22N2O4S/c1-3-21-13-7-5-4-6-12(13)16-10-14(18)17-15(2)8-9-22(19,20)11-15/h4-7,16H,3,8-11H2,1-2H3,(H,17,18). The SMILES string of the molecule is CCOc1ccccc1NCC(=O)NC1(C)CCS(=O)(=O)C1. The second-order valence-electron chi connectivity index (χ2n) is 5.73. The van der Waals surface area contributed by atoms with Crippen LogP contribution in [-0.2, 0) is 14.6 Å². The number of anilines is 1. The molecule has 0 radical (unpaired) electrons. The third-order valence-corrected chi connectivity index (χ3v) is 5.47. The Balaban J connectivity index is 1.91. The number of hydrogen-bond donors (Lipinski definition) is 2. The van der Waals surface area contributed by atoms with Crippen molar-refractivity contribution in [3.63, 3.8) is 0 Å². The highest BCUT2D eigenvalue weighted by molar-refractivity contribution is 7.91. The zero-order valence-corrected chi connectivity index (χ0v) is 13.7. The summed E-state index contributed by atoms with van der Waals surface area (Å²) < 4.78 is 28.6. The molecule has 1 unspecified atom stereocenters. The molecule has 1 aromatic carbocycles. The smallest absolute Gasteiger partial charge is 0.239 e. The first-order valence-electron chi connectivity index (χ1n) is 7.31. The van der Waals surface area contributed by atoms with Gasteiger partial charge in [-0.3, -0.25) is 4.79 Å². The summed E-state index contributed by atoms with van der Waals surface area (Å²) in [7, 11) is -3.04. The zero-order chi connectivity index (χ0) is 16.2. The van der Waals surface area contributed by atoms with E-state index in [2.05, 4.69) is 10.6 Å². The molecule has 0 bridgehead atoms. The van der Waals surface area contributed by atoms with Gasteiger partial charge in [-0.15, -0.1) is 0 Å². The molecular weight excluding hydrogens is 304 g/mol. The van der Waals surface area contributed by atoms with Crippen molar-refractivity contribution in [3.8, 4) is 5.75 Å². The zero-order valence-electron chi connectivity index (χ0n) is 12.9. The lowest BCUT2D eigenvalue weighted by molar-refractivity contribution is -0.120. The van der Waals surface area contributed by atoms with E-state index in [-0.39, 0.29) is 24.0 Å². The van der Waals surface area contributed by atoms with E-state index in [1.165, 1.54) is 0 Å². The fourth-order valence-electron chi connectivity index (χ4n) is 2.56. The number of nitrogens with one attached hydrogen (secondary N) is 2. The lowest BCUT2D eigenvalue weighted by Crippen LogP contribution is -2.48. The summed E-state index contributed by atoms with van der Waals surface area (Å²) >= 11 is 0. The first-order chi connectivity index (χ1) is 10.3. The van der Waals surface area contributed by atoms with E-state index in [1.54, 1.807) is 6.92 Å². The molecule has 1 heterocycles. The van der Waals surface area contributed by atoms with E-state index < -0.39 is 15.4 Å². The van der Waals surface area contributed by atoms with Gasteiger partial charge in [-0.25, -0.2) is 8.42 Å². The number of benzene rings is 1. The Morgan fingerprint density at radius 1 is 1.36 bits per heavy atom. The number of para-hydroxylation sites is 2. The van der Waals surface area contributed by atoms with Crippen molar-refractivity contribution in [2.75, 3.05) is 30.0 Å². The summed E-state index contributed by atoms with van der Waals surface area (Å²) in [5.41, 5.74) is 0.0699. The van der Waals surface area contributed by atoms with Crippen molar-refractivity contribution in [1.82, 2.24) is 5.32 Å². The number of rotatable bonds is 6. The molecule has 0 aliphatic carbocycles. The maximum atomic E-state index is 12.0. The van der Waals surface area contributed by atoms with Gasteiger partial charge >= 0.3 is 0 Å². The molecule has 0 saturated carbocycles. The highest BCUT2D eigenvalue weighted by Crippen LogP contribution is 2.24. The van der Waals surface area contributed by atoms with E-state index in [1.807, 2.05) is 31.2 Å². The minimum Gasteiger partial charge on any atom is -0.492 e.